The Morgan fingerprint density at radius 3 is 2.23 bits per heavy atom. The second-order valence-electron chi connectivity index (χ2n) is 9.34. The zero-order chi connectivity index (χ0) is 22.2. The summed E-state index contributed by atoms with van der Waals surface area (Å²) in [6.45, 7) is 8.86. The third-order valence-corrected chi connectivity index (χ3v) is 6.45. The molecule has 1 amide bonds. The van der Waals surface area contributed by atoms with Crippen molar-refractivity contribution in [3.8, 4) is 0 Å². The van der Waals surface area contributed by atoms with E-state index < -0.39 is 0 Å². The number of nitrogens with one attached hydrogen (secondary N) is 1. The summed E-state index contributed by atoms with van der Waals surface area (Å²) in [6, 6.07) is 24.9. The molecule has 160 valence electrons. The molecule has 1 atom stereocenters. The highest BCUT2D eigenvalue weighted by Gasteiger charge is 2.47. The quantitative estimate of drug-likeness (QED) is 0.538. The molecule has 3 aromatic rings. The number of carbonyl (C=O) groups excluding carboxylic acids is 1. The number of benzene rings is 3. The fraction of sp³-hybridized carbons (Fsp3) is 0.296. The van der Waals surface area contributed by atoms with Crippen molar-refractivity contribution in [1.82, 2.24) is 0 Å². The summed E-state index contributed by atoms with van der Waals surface area (Å²) in [4.78, 5) is 14.7. The van der Waals surface area contributed by atoms with Gasteiger partial charge in [-0.05, 0) is 49.1 Å². The maximum absolute atomic E-state index is 12.8. The number of amides is 1. The van der Waals surface area contributed by atoms with Gasteiger partial charge in [-0.3, -0.25) is 4.79 Å². The molecule has 0 saturated carbocycles. The summed E-state index contributed by atoms with van der Waals surface area (Å²) in [6.07, 6.45) is 0.812. The van der Waals surface area contributed by atoms with E-state index in [4.69, 9.17) is 5.73 Å². The average Bonchev–Trinajstić information content (AvgIpc) is 2.73. The van der Waals surface area contributed by atoms with Crippen LogP contribution >= 0.6 is 0 Å². The zero-order valence-corrected chi connectivity index (χ0v) is 18.8. The Morgan fingerprint density at radius 1 is 1.00 bits per heavy atom. The van der Waals surface area contributed by atoms with Crippen LogP contribution in [0.25, 0.3) is 0 Å². The molecule has 4 nitrogen and oxygen atoms in total. The molecule has 0 aromatic heterocycles. The van der Waals surface area contributed by atoms with Crippen LogP contribution in [-0.2, 0) is 16.8 Å². The number of nitrogens with two attached hydrogens (primary N) is 1. The van der Waals surface area contributed by atoms with E-state index in [1.807, 2.05) is 29.2 Å². The van der Waals surface area contributed by atoms with Crippen molar-refractivity contribution in [3.05, 3.63) is 89.5 Å². The van der Waals surface area contributed by atoms with Gasteiger partial charge in [0.25, 0.3) is 0 Å². The first kappa shape index (κ1) is 21.0. The fourth-order valence-electron chi connectivity index (χ4n) is 5.20. The van der Waals surface area contributed by atoms with Crippen molar-refractivity contribution >= 4 is 23.0 Å². The standard InChI is InChI=1S/C27H31N3O/c1-19(31)30-25-16-24(29-17-20-11-7-5-8-12-20)23(28)15-22(25)27(4,18-26(30,2)3)21-13-9-6-10-14-21/h5-16,29H,17-18,28H2,1-4H3. The monoisotopic (exact) mass is 413 g/mol. The topological polar surface area (TPSA) is 58.4 Å². The maximum atomic E-state index is 12.8. The van der Waals surface area contributed by atoms with E-state index in [2.05, 4.69) is 74.6 Å². The number of rotatable bonds is 4. The Bertz CT molecular complexity index is 1090. The van der Waals surface area contributed by atoms with E-state index >= 15 is 0 Å². The Labute approximate surface area is 185 Å². The second kappa shape index (κ2) is 7.77. The predicted octanol–water partition coefficient (Wildman–Crippen LogP) is 5.72. The van der Waals surface area contributed by atoms with Crippen LogP contribution in [0.15, 0.2) is 72.8 Å². The van der Waals surface area contributed by atoms with Crippen molar-refractivity contribution in [2.45, 2.75) is 51.6 Å². The van der Waals surface area contributed by atoms with Gasteiger partial charge in [0.1, 0.15) is 0 Å². The molecule has 1 aliphatic rings. The molecule has 31 heavy (non-hydrogen) atoms. The number of carbonyl (C=O) groups is 1. The maximum Gasteiger partial charge on any atom is 0.224 e. The molecule has 0 saturated heterocycles. The van der Waals surface area contributed by atoms with E-state index in [9.17, 15) is 4.79 Å². The molecule has 4 rings (SSSR count). The van der Waals surface area contributed by atoms with E-state index in [1.54, 1.807) is 6.92 Å². The van der Waals surface area contributed by atoms with Crippen LogP contribution in [-0.4, -0.2) is 11.4 Å². The lowest BCUT2D eigenvalue weighted by Gasteiger charge is -2.51. The van der Waals surface area contributed by atoms with Crippen LogP contribution in [0.2, 0.25) is 0 Å². The molecule has 0 fully saturated rings. The molecule has 0 radical (unpaired) electrons. The molecule has 0 aliphatic carbocycles. The van der Waals surface area contributed by atoms with Crippen LogP contribution < -0.4 is 16.0 Å². The van der Waals surface area contributed by atoms with Gasteiger partial charge in [-0.1, -0.05) is 67.6 Å². The molecule has 3 aromatic carbocycles. The summed E-state index contributed by atoms with van der Waals surface area (Å²) >= 11 is 0. The minimum absolute atomic E-state index is 0.0418. The highest BCUT2D eigenvalue weighted by Crippen LogP contribution is 2.52. The van der Waals surface area contributed by atoms with E-state index in [0.717, 1.165) is 23.4 Å². The lowest BCUT2D eigenvalue weighted by molar-refractivity contribution is -0.117. The van der Waals surface area contributed by atoms with Crippen molar-refractivity contribution in [3.63, 3.8) is 0 Å². The van der Waals surface area contributed by atoms with Crippen molar-refractivity contribution in [2.75, 3.05) is 16.0 Å². The molecule has 0 spiro atoms. The van der Waals surface area contributed by atoms with Gasteiger partial charge in [-0.2, -0.15) is 0 Å². The van der Waals surface area contributed by atoms with E-state index in [-0.39, 0.29) is 16.9 Å². The van der Waals surface area contributed by atoms with Crippen LogP contribution in [0.3, 0.4) is 0 Å². The van der Waals surface area contributed by atoms with Crippen LogP contribution in [0.4, 0.5) is 17.1 Å². The van der Waals surface area contributed by atoms with Crippen LogP contribution in [0, 0.1) is 0 Å². The van der Waals surface area contributed by atoms with Crippen LogP contribution in [0.1, 0.15) is 50.8 Å². The number of nitrogens with zero attached hydrogens (tertiary/aromatic N) is 1. The van der Waals surface area contributed by atoms with Crippen molar-refractivity contribution in [2.24, 2.45) is 0 Å². The molecule has 1 aliphatic heterocycles. The third kappa shape index (κ3) is 3.78. The van der Waals surface area contributed by atoms with Crippen molar-refractivity contribution < 1.29 is 4.79 Å². The largest absolute Gasteiger partial charge is 0.397 e. The van der Waals surface area contributed by atoms with Gasteiger partial charge in [0.15, 0.2) is 0 Å². The van der Waals surface area contributed by atoms with Gasteiger partial charge in [-0.25, -0.2) is 0 Å². The zero-order valence-electron chi connectivity index (χ0n) is 18.8. The number of fused-ring (bicyclic) bond motifs is 1. The first-order valence-electron chi connectivity index (χ1n) is 10.8. The smallest absolute Gasteiger partial charge is 0.224 e. The number of nitrogen functional groups attached to an aromatic ring is 1. The Kier molecular flexibility index (Phi) is 5.26. The summed E-state index contributed by atoms with van der Waals surface area (Å²) in [5, 5.41) is 3.47. The molecule has 1 heterocycles. The lowest BCUT2D eigenvalue weighted by atomic mass is 9.65. The molecular weight excluding hydrogens is 382 g/mol. The molecule has 4 heteroatoms. The third-order valence-electron chi connectivity index (χ3n) is 6.45. The number of hydrogen-bond acceptors (Lipinski definition) is 3. The fourth-order valence-corrected chi connectivity index (χ4v) is 5.20. The lowest BCUT2D eigenvalue weighted by Crippen LogP contribution is -2.55. The number of hydrogen-bond donors (Lipinski definition) is 2. The van der Waals surface area contributed by atoms with Gasteiger partial charge in [0.2, 0.25) is 5.91 Å². The minimum atomic E-state index is -0.337. The van der Waals surface area contributed by atoms with E-state index in [0.29, 0.717) is 12.2 Å². The normalized spacial score (nSPS) is 19.5. The Morgan fingerprint density at radius 2 is 1.61 bits per heavy atom. The molecule has 3 N–H and O–H groups in total. The molecular formula is C27H31N3O. The first-order valence-corrected chi connectivity index (χ1v) is 10.8. The van der Waals surface area contributed by atoms with Gasteiger partial charge in [0.05, 0.1) is 17.1 Å². The Hall–Kier alpha value is -3.27. The summed E-state index contributed by atoms with van der Waals surface area (Å²) in [5.41, 5.74) is 11.9. The van der Waals surface area contributed by atoms with Gasteiger partial charge >= 0.3 is 0 Å². The highest BCUT2D eigenvalue weighted by molar-refractivity contribution is 5.97. The minimum Gasteiger partial charge on any atom is -0.397 e. The first-order chi connectivity index (χ1) is 14.7. The molecule has 1 unspecified atom stereocenters. The van der Waals surface area contributed by atoms with Gasteiger partial charge < -0.3 is 16.0 Å². The second-order valence-corrected chi connectivity index (χ2v) is 9.34. The van der Waals surface area contributed by atoms with E-state index in [1.165, 1.54) is 11.1 Å². The predicted molar refractivity (Wildman–Crippen MR) is 129 cm³/mol. The van der Waals surface area contributed by atoms with Gasteiger partial charge in [0, 0.05) is 24.4 Å². The average molecular weight is 414 g/mol. The summed E-state index contributed by atoms with van der Waals surface area (Å²) in [7, 11) is 0. The van der Waals surface area contributed by atoms with Gasteiger partial charge in [-0.15, -0.1) is 0 Å². The Balaban J connectivity index is 1.84. The summed E-state index contributed by atoms with van der Waals surface area (Å²) in [5.74, 6) is 0.0418. The van der Waals surface area contributed by atoms with Crippen molar-refractivity contribution in [1.29, 1.82) is 0 Å². The van der Waals surface area contributed by atoms with Crippen LogP contribution in [0.5, 0.6) is 0 Å². The summed E-state index contributed by atoms with van der Waals surface area (Å²) < 4.78 is 0. The molecule has 0 bridgehead atoms. The highest BCUT2D eigenvalue weighted by atomic mass is 16.2. The SMILES string of the molecule is CC(=O)N1c2cc(NCc3ccccc3)c(N)cc2C(C)(c2ccccc2)CC1(C)C. The number of anilines is 3.